The zero-order valence-corrected chi connectivity index (χ0v) is 12.2. The number of fused-ring (bicyclic) bond motifs is 1. The average molecular weight is 313 g/mol. The summed E-state index contributed by atoms with van der Waals surface area (Å²) in [5, 5.41) is 0. The number of halogens is 2. The van der Waals surface area contributed by atoms with Crippen LogP contribution in [0, 0.1) is 5.92 Å². The SMILES string of the molecule is COCCN1C[C@H](Cc2ccc3c(c2)OC(F)(F)O3)CC1=O. The quantitative estimate of drug-likeness (QED) is 0.835. The van der Waals surface area contributed by atoms with E-state index in [-0.39, 0.29) is 23.3 Å². The summed E-state index contributed by atoms with van der Waals surface area (Å²) in [6.45, 7) is 1.75. The van der Waals surface area contributed by atoms with Crippen LogP contribution in [0.1, 0.15) is 12.0 Å². The number of likely N-dealkylation sites (tertiary alicyclic amines) is 1. The van der Waals surface area contributed by atoms with Crippen molar-refractivity contribution in [2.45, 2.75) is 19.1 Å². The van der Waals surface area contributed by atoms with Gasteiger partial charge < -0.3 is 19.1 Å². The van der Waals surface area contributed by atoms with Crippen molar-refractivity contribution in [1.29, 1.82) is 0 Å². The van der Waals surface area contributed by atoms with E-state index in [1.54, 1.807) is 24.1 Å². The van der Waals surface area contributed by atoms with Crippen LogP contribution >= 0.6 is 0 Å². The summed E-state index contributed by atoms with van der Waals surface area (Å²) in [7, 11) is 1.60. The monoisotopic (exact) mass is 313 g/mol. The lowest BCUT2D eigenvalue weighted by atomic mass is 9.98. The Morgan fingerprint density at radius 2 is 2.14 bits per heavy atom. The molecule has 0 bridgehead atoms. The number of methoxy groups -OCH3 is 1. The van der Waals surface area contributed by atoms with E-state index in [0.29, 0.717) is 32.5 Å². The van der Waals surface area contributed by atoms with E-state index in [0.717, 1.165) is 5.56 Å². The summed E-state index contributed by atoms with van der Waals surface area (Å²) >= 11 is 0. The number of alkyl halides is 2. The number of benzene rings is 1. The molecular weight excluding hydrogens is 296 g/mol. The molecule has 2 aliphatic heterocycles. The second-order valence-corrected chi connectivity index (χ2v) is 5.56. The maximum atomic E-state index is 13.0. The largest absolute Gasteiger partial charge is 0.586 e. The number of nitrogens with zero attached hydrogens (tertiary/aromatic N) is 1. The first-order valence-corrected chi connectivity index (χ1v) is 7.12. The third-order valence-electron chi connectivity index (χ3n) is 3.85. The molecule has 2 heterocycles. The van der Waals surface area contributed by atoms with E-state index < -0.39 is 6.29 Å². The Balaban J connectivity index is 1.62. The maximum Gasteiger partial charge on any atom is 0.586 e. The van der Waals surface area contributed by atoms with Crippen molar-refractivity contribution in [3.8, 4) is 11.5 Å². The van der Waals surface area contributed by atoms with Gasteiger partial charge in [0.2, 0.25) is 5.91 Å². The molecule has 120 valence electrons. The second-order valence-electron chi connectivity index (χ2n) is 5.56. The van der Waals surface area contributed by atoms with Gasteiger partial charge in [-0.3, -0.25) is 4.79 Å². The molecule has 1 atom stereocenters. The highest BCUT2D eigenvalue weighted by Gasteiger charge is 2.43. The molecule has 7 heteroatoms. The highest BCUT2D eigenvalue weighted by Crippen LogP contribution is 2.41. The Morgan fingerprint density at radius 3 is 2.91 bits per heavy atom. The summed E-state index contributed by atoms with van der Waals surface area (Å²) in [5.74, 6) is 0.362. The van der Waals surface area contributed by atoms with Crippen LogP contribution in [0.15, 0.2) is 18.2 Å². The first-order valence-electron chi connectivity index (χ1n) is 7.12. The van der Waals surface area contributed by atoms with E-state index in [1.807, 2.05) is 0 Å². The molecule has 1 amide bonds. The van der Waals surface area contributed by atoms with Gasteiger partial charge in [0.05, 0.1) is 6.61 Å². The molecule has 22 heavy (non-hydrogen) atoms. The van der Waals surface area contributed by atoms with E-state index in [4.69, 9.17) is 4.74 Å². The number of carbonyl (C=O) groups excluding carboxylic acids is 1. The Kier molecular flexibility index (Phi) is 3.90. The van der Waals surface area contributed by atoms with Crippen molar-refractivity contribution in [1.82, 2.24) is 4.90 Å². The lowest BCUT2D eigenvalue weighted by molar-refractivity contribution is -0.286. The number of carbonyl (C=O) groups is 1. The molecule has 2 aliphatic rings. The third kappa shape index (κ3) is 3.14. The van der Waals surface area contributed by atoms with Gasteiger partial charge in [-0.05, 0) is 30.0 Å². The van der Waals surface area contributed by atoms with Gasteiger partial charge in [0.25, 0.3) is 0 Å². The van der Waals surface area contributed by atoms with Crippen LogP contribution in [-0.4, -0.2) is 43.9 Å². The molecule has 1 aromatic carbocycles. The van der Waals surface area contributed by atoms with Crippen molar-refractivity contribution in [2.75, 3.05) is 26.8 Å². The Morgan fingerprint density at radius 1 is 1.36 bits per heavy atom. The number of rotatable bonds is 5. The molecule has 1 fully saturated rings. The molecule has 0 radical (unpaired) electrons. The van der Waals surface area contributed by atoms with Gasteiger partial charge in [0, 0.05) is 26.6 Å². The van der Waals surface area contributed by atoms with Gasteiger partial charge >= 0.3 is 6.29 Å². The van der Waals surface area contributed by atoms with Crippen LogP contribution in [0.3, 0.4) is 0 Å². The predicted octanol–water partition coefficient (Wildman–Crippen LogP) is 2.05. The first-order chi connectivity index (χ1) is 10.5. The minimum atomic E-state index is -3.60. The second kappa shape index (κ2) is 5.72. The van der Waals surface area contributed by atoms with Gasteiger partial charge in [-0.25, -0.2) is 0 Å². The highest BCUT2D eigenvalue weighted by atomic mass is 19.3. The van der Waals surface area contributed by atoms with Gasteiger partial charge in [-0.15, -0.1) is 8.78 Å². The van der Waals surface area contributed by atoms with E-state index in [2.05, 4.69) is 9.47 Å². The smallest absolute Gasteiger partial charge is 0.395 e. The topological polar surface area (TPSA) is 48.0 Å². The Hall–Kier alpha value is -1.89. The van der Waals surface area contributed by atoms with Crippen LogP contribution < -0.4 is 9.47 Å². The van der Waals surface area contributed by atoms with Crippen molar-refractivity contribution in [2.24, 2.45) is 5.92 Å². The minimum Gasteiger partial charge on any atom is -0.395 e. The summed E-state index contributed by atoms with van der Waals surface area (Å²) in [5.41, 5.74) is 0.853. The van der Waals surface area contributed by atoms with Gasteiger partial charge in [0.15, 0.2) is 11.5 Å². The fraction of sp³-hybridized carbons (Fsp3) is 0.533. The molecule has 0 aliphatic carbocycles. The fourth-order valence-corrected chi connectivity index (χ4v) is 2.86. The molecular formula is C15H17F2NO4. The summed E-state index contributed by atoms with van der Waals surface area (Å²) < 4.78 is 39.8. The lowest BCUT2D eigenvalue weighted by Crippen LogP contribution is -2.28. The van der Waals surface area contributed by atoms with Gasteiger partial charge in [0.1, 0.15) is 0 Å². The Bertz CT molecular complexity index is 579. The Labute approximate surface area is 126 Å². The molecule has 0 spiro atoms. The molecule has 0 saturated carbocycles. The third-order valence-corrected chi connectivity index (χ3v) is 3.85. The van der Waals surface area contributed by atoms with Crippen molar-refractivity contribution < 1.29 is 27.8 Å². The van der Waals surface area contributed by atoms with E-state index >= 15 is 0 Å². The number of amides is 1. The van der Waals surface area contributed by atoms with Gasteiger partial charge in [-0.1, -0.05) is 6.07 Å². The first kappa shape index (κ1) is 15.0. The van der Waals surface area contributed by atoms with Crippen LogP contribution in [0.2, 0.25) is 0 Å². The zero-order valence-electron chi connectivity index (χ0n) is 12.2. The van der Waals surface area contributed by atoms with Crippen LogP contribution in [-0.2, 0) is 16.0 Å². The minimum absolute atomic E-state index is 0.0398. The fourth-order valence-electron chi connectivity index (χ4n) is 2.86. The molecule has 5 nitrogen and oxygen atoms in total. The molecule has 1 saturated heterocycles. The normalized spacial score (nSPS) is 22.4. The van der Waals surface area contributed by atoms with Crippen molar-refractivity contribution >= 4 is 5.91 Å². The molecule has 0 aromatic heterocycles. The van der Waals surface area contributed by atoms with E-state index in [1.165, 1.54) is 6.07 Å². The standard InChI is InChI=1S/C15H17F2NO4/c1-20-5-4-18-9-11(8-14(18)19)6-10-2-3-12-13(7-10)22-15(16,17)21-12/h2-3,7,11H,4-6,8-9H2,1H3/t11-/m1/s1. The van der Waals surface area contributed by atoms with Gasteiger partial charge in [-0.2, -0.15) is 0 Å². The number of hydrogen-bond acceptors (Lipinski definition) is 4. The van der Waals surface area contributed by atoms with Crippen LogP contribution in [0.5, 0.6) is 11.5 Å². The van der Waals surface area contributed by atoms with Crippen molar-refractivity contribution in [3.63, 3.8) is 0 Å². The molecule has 0 N–H and O–H groups in total. The number of ether oxygens (including phenoxy) is 3. The highest BCUT2D eigenvalue weighted by molar-refractivity contribution is 5.78. The van der Waals surface area contributed by atoms with Crippen LogP contribution in [0.25, 0.3) is 0 Å². The predicted molar refractivity (Wildman–Crippen MR) is 72.9 cm³/mol. The maximum absolute atomic E-state index is 13.0. The zero-order chi connectivity index (χ0) is 15.7. The van der Waals surface area contributed by atoms with Crippen LogP contribution in [0.4, 0.5) is 8.78 Å². The summed E-state index contributed by atoms with van der Waals surface area (Å²) in [4.78, 5) is 13.7. The molecule has 1 aromatic rings. The average Bonchev–Trinajstić information content (AvgIpc) is 2.94. The molecule has 0 unspecified atom stereocenters. The van der Waals surface area contributed by atoms with Crippen molar-refractivity contribution in [3.05, 3.63) is 23.8 Å². The summed E-state index contributed by atoms with van der Waals surface area (Å²) in [6.07, 6.45) is -2.49. The number of hydrogen-bond donors (Lipinski definition) is 0. The lowest BCUT2D eigenvalue weighted by Gasteiger charge is -2.16. The molecule has 3 rings (SSSR count). The summed E-state index contributed by atoms with van der Waals surface area (Å²) in [6, 6.07) is 4.76. The van der Waals surface area contributed by atoms with E-state index in [9.17, 15) is 13.6 Å².